The number of benzene rings is 1. The van der Waals surface area contributed by atoms with E-state index in [2.05, 4.69) is 27.3 Å². The van der Waals surface area contributed by atoms with Crippen LogP contribution in [0.3, 0.4) is 0 Å². The molecule has 6 nitrogen and oxygen atoms in total. The minimum atomic E-state index is 0. The van der Waals surface area contributed by atoms with Crippen molar-refractivity contribution in [3.8, 4) is 0 Å². The first-order valence-corrected chi connectivity index (χ1v) is 11.7. The maximum atomic E-state index is 6.13. The average molecular weight is 546 g/mol. The van der Waals surface area contributed by atoms with E-state index >= 15 is 0 Å². The molecule has 0 amide bonds. The van der Waals surface area contributed by atoms with Crippen molar-refractivity contribution in [1.29, 1.82) is 0 Å². The molecule has 1 N–H and O–H groups in total. The van der Waals surface area contributed by atoms with Gasteiger partial charge in [0, 0.05) is 39.9 Å². The summed E-state index contributed by atoms with van der Waals surface area (Å²) in [7, 11) is 1.87. The van der Waals surface area contributed by atoms with Crippen molar-refractivity contribution in [2.75, 3.05) is 46.5 Å². The van der Waals surface area contributed by atoms with Crippen LogP contribution >= 0.6 is 24.0 Å². The molecule has 0 aliphatic carbocycles. The highest BCUT2D eigenvalue weighted by atomic mass is 127. The fourth-order valence-electron chi connectivity index (χ4n) is 4.04. The molecule has 0 spiro atoms. The monoisotopic (exact) mass is 545 g/mol. The number of piperidine rings is 1. The molecule has 2 aliphatic rings. The molecule has 3 rings (SSSR count). The molecule has 1 aromatic rings. The van der Waals surface area contributed by atoms with Crippen molar-refractivity contribution in [2.24, 2.45) is 4.99 Å². The first kappa shape index (κ1) is 26.4. The molecule has 1 atom stereocenters. The predicted octanol–water partition coefficient (Wildman–Crippen LogP) is 4.23. The van der Waals surface area contributed by atoms with Gasteiger partial charge in [0.1, 0.15) is 0 Å². The Hall–Kier alpha value is -0.900. The zero-order valence-electron chi connectivity index (χ0n) is 19.0. The quantitative estimate of drug-likeness (QED) is 0.207. The van der Waals surface area contributed by atoms with Crippen LogP contribution in [0.4, 0.5) is 0 Å². The van der Waals surface area contributed by atoms with Gasteiger partial charge < -0.3 is 24.4 Å². The number of unbranched alkanes of at least 4 members (excludes halogenated alkanes) is 1. The second-order valence-electron chi connectivity index (χ2n) is 8.23. The molecule has 176 valence electrons. The Morgan fingerprint density at radius 2 is 1.94 bits per heavy atom. The fourth-order valence-corrected chi connectivity index (χ4v) is 4.04. The number of halogens is 1. The van der Waals surface area contributed by atoms with Crippen LogP contribution in [0.15, 0.2) is 35.3 Å². The van der Waals surface area contributed by atoms with Gasteiger partial charge in [-0.05, 0) is 50.5 Å². The van der Waals surface area contributed by atoms with Gasteiger partial charge in [-0.2, -0.15) is 0 Å². The van der Waals surface area contributed by atoms with Gasteiger partial charge in [0.15, 0.2) is 5.96 Å². The minimum absolute atomic E-state index is 0. The molecule has 2 saturated heterocycles. The van der Waals surface area contributed by atoms with Crippen molar-refractivity contribution in [1.82, 2.24) is 10.2 Å². The van der Waals surface area contributed by atoms with Crippen molar-refractivity contribution in [3.63, 3.8) is 0 Å². The number of guanidine groups is 1. The van der Waals surface area contributed by atoms with E-state index < -0.39 is 0 Å². The standard InChI is InChI=1S/C24H39N3O3.HI/c1-25-24(26-14-6-8-17-28-19-21-9-3-2-4-10-21)27-15-12-22(13-16-27)30-20-23-11-5-7-18-29-23;/h2-4,9-10,22-23H,5-8,11-20H2,1H3,(H,25,26);1H. The molecule has 2 heterocycles. The van der Waals surface area contributed by atoms with E-state index in [4.69, 9.17) is 14.2 Å². The van der Waals surface area contributed by atoms with E-state index in [1.807, 2.05) is 25.2 Å². The largest absolute Gasteiger partial charge is 0.377 e. The van der Waals surface area contributed by atoms with Crippen LogP contribution in [0.1, 0.15) is 50.5 Å². The molecular formula is C24H40IN3O3. The maximum absolute atomic E-state index is 6.13. The van der Waals surface area contributed by atoms with Gasteiger partial charge in [0.2, 0.25) is 0 Å². The van der Waals surface area contributed by atoms with Crippen molar-refractivity contribution < 1.29 is 14.2 Å². The Morgan fingerprint density at radius 1 is 1.13 bits per heavy atom. The predicted molar refractivity (Wildman–Crippen MR) is 136 cm³/mol. The topological polar surface area (TPSA) is 55.3 Å². The Kier molecular flexibility index (Phi) is 13.5. The van der Waals surface area contributed by atoms with Crippen LogP contribution in [0.2, 0.25) is 0 Å². The number of hydrogen-bond donors (Lipinski definition) is 1. The summed E-state index contributed by atoms with van der Waals surface area (Å²) in [5.41, 5.74) is 1.23. The lowest BCUT2D eigenvalue weighted by Crippen LogP contribution is -2.47. The van der Waals surface area contributed by atoms with E-state index in [0.29, 0.717) is 18.8 Å². The normalized spacial score (nSPS) is 20.4. The molecular weight excluding hydrogens is 505 g/mol. The van der Waals surface area contributed by atoms with Crippen LogP contribution < -0.4 is 5.32 Å². The van der Waals surface area contributed by atoms with Crippen molar-refractivity contribution in [3.05, 3.63) is 35.9 Å². The number of nitrogens with zero attached hydrogens (tertiary/aromatic N) is 2. The Balaban J connectivity index is 0.00000341. The third-order valence-electron chi connectivity index (χ3n) is 5.86. The van der Waals surface area contributed by atoms with Gasteiger partial charge in [-0.25, -0.2) is 0 Å². The molecule has 7 heteroatoms. The first-order chi connectivity index (χ1) is 14.8. The van der Waals surface area contributed by atoms with Crippen molar-refractivity contribution in [2.45, 2.75) is 63.8 Å². The molecule has 2 fully saturated rings. The third-order valence-corrected chi connectivity index (χ3v) is 5.86. The Labute approximate surface area is 205 Å². The highest BCUT2D eigenvalue weighted by Gasteiger charge is 2.23. The van der Waals surface area contributed by atoms with E-state index in [1.54, 1.807) is 0 Å². The smallest absolute Gasteiger partial charge is 0.193 e. The lowest BCUT2D eigenvalue weighted by molar-refractivity contribution is -0.0721. The fraction of sp³-hybridized carbons (Fsp3) is 0.708. The summed E-state index contributed by atoms with van der Waals surface area (Å²) in [5, 5.41) is 3.51. The van der Waals surface area contributed by atoms with Crippen LogP contribution in [0, 0.1) is 0 Å². The van der Waals surface area contributed by atoms with Crippen LogP contribution in [-0.4, -0.2) is 69.6 Å². The van der Waals surface area contributed by atoms with Gasteiger partial charge in [-0.15, -0.1) is 24.0 Å². The maximum Gasteiger partial charge on any atom is 0.193 e. The highest BCUT2D eigenvalue weighted by molar-refractivity contribution is 14.0. The van der Waals surface area contributed by atoms with Gasteiger partial charge >= 0.3 is 0 Å². The molecule has 31 heavy (non-hydrogen) atoms. The van der Waals surface area contributed by atoms with Gasteiger partial charge in [0.25, 0.3) is 0 Å². The number of hydrogen-bond acceptors (Lipinski definition) is 4. The van der Waals surface area contributed by atoms with E-state index in [0.717, 1.165) is 77.5 Å². The van der Waals surface area contributed by atoms with Gasteiger partial charge in [0.05, 0.1) is 25.4 Å². The summed E-state index contributed by atoms with van der Waals surface area (Å²) < 4.78 is 17.7. The number of nitrogens with one attached hydrogen (secondary N) is 1. The van der Waals surface area contributed by atoms with Crippen LogP contribution in [0.25, 0.3) is 0 Å². The summed E-state index contributed by atoms with van der Waals surface area (Å²) in [5.74, 6) is 1.01. The number of likely N-dealkylation sites (tertiary alicyclic amines) is 1. The third kappa shape index (κ3) is 10.1. The first-order valence-electron chi connectivity index (χ1n) is 11.7. The lowest BCUT2D eigenvalue weighted by Gasteiger charge is -2.35. The minimum Gasteiger partial charge on any atom is -0.377 e. The Morgan fingerprint density at radius 3 is 2.65 bits per heavy atom. The molecule has 0 aromatic heterocycles. The van der Waals surface area contributed by atoms with Crippen molar-refractivity contribution >= 4 is 29.9 Å². The molecule has 1 aromatic carbocycles. The highest BCUT2D eigenvalue weighted by Crippen LogP contribution is 2.18. The molecule has 2 aliphatic heterocycles. The van der Waals surface area contributed by atoms with Crippen LogP contribution in [-0.2, 0) is 20.8 Å². The van der Waals surface area contributed by atoms with Gasteiger partial charge in [-0.3, -0.25) is 4.99 Å². The Bertz CT molecular complexity index is 603. The van der Waals surface area contributed by atoms with E-state index in [-0.39, 0.29) is 24.0 Å². The second kappa shape index (κ2) is 15.8. The number of ether oxygens (including phenoxy) is 3. The molecule has 0 radical (unpaired) electrons. The number of aliphatic imine (C=N–C) groups is 1. The number of rotatable bonds is 10. The molecule has 0 saturated carbocycles. The molecule has 0 bridgehead atoms. The summed E-state index contributed by atoms with van der Waals surface area (Å²) in [6.45, 7) is 6.06. The zero-order chi connectivity index (χ0) is 20.9. The SMILES string of the molecule is CN=C(NCCCCOCc1ccccc1)N1CCC(OCC2CCCCO2)CC1.I. The second-order valence-corrected chi connectivity index (χ2v) is 8.23. The summed E-state index contributed by atoms with van der Waals surface area (Å²) in [4.78, 5) is 6.82. The zero-order valence-corrected chi connectivity index (χ0v) is 21.3. The van der Waals surface area contributed by atoms with Gasteiger partial charge in [-0.1, -0.05) is 30.3 Å². The summed E-state index contributed by atoms with van der Waals surface area (Å²) in [6.07, 6.45) is 8.52. The van der Waals surface area contributed by atoms with E-state index in [1.165, 1.54) is 18.4 Å². The average Bonchev–Trinajstić information content (AvgIpc) is 2.81. The van der Waals surface area contributed by atoms with Crippen LogP contribution in [0.5, 0.6) is 0 Å². The summed E-state index contributed by atoms with van der Waals surface area (Å²) in [6, 6.07) is 10.3. The van der Waals surface area contributed by atoms with E-state index in [9.17, 15) is 0 Å². The molecule has 1 unspecified atom stereocenters. The summed E-state index contributed by atoms with van der Waals surface area (Å²) >= 11 is 0. The lowest BCUT2D eigenvalue weighted by atomic mass is 10.1.